The lowest BCUT2D eigenvalue weighted by molar-refractivity contribution is -0.295. The van der Waals surface area contributed by atoms with Crippen molar-refractivity contribution in [3.05, 3.63) is 35.6 Å². The maximum Gasteiger partial charge on any atom is 0.123 e. The smallest absolute Gasteiger partial charge is 0.123 e. The third-order valence-corrected chi connectivity index (χ3v) is 1.15. The van der Waals surface area contributed by atoms with Gasteiger partial charge in [0.25, 0.3) is 0 Å². The van der Waals surface area contributed by atoms with Gasteiger partial charge in [0.15, 0.2) is 0 Å². The molecule has 0 spiro atoms. The third-order valence-electron chi connectivity index (χ3n) is 1.15. The summed E-state index contributed by atoms with van der Waals surface area (Å²) in [4.78, 5) is 9.88. The van der Waals surface area contributed by atoms with Crippen LogP contribution in [0.4, 0.5) is 4.39 Å². The van der Waals surface area contributed by atoms with E-state index in [4.69, 9.17) is 0 Å². The maximum absolute atomic E-state index is 12.3. The van der Waals surface area contributed by atoms with Crippen molar-refractivity contribution >= 4 is 5.97 Å². The largest absolute Gasteiger partial charge is 0.537 e. The van der Waals surface area contributed by atoms with Gasteiger partial charge >= 0.3 is 0 Å². The van der Waals surface area contributed by atoms with Crippen LogP contribution < -0.4 is 5.11 Å². The Hall–Kier alpha value is -1.82. The molecule has 1 rings (SSSR count). The number of carbonyl (C=O) groups excluding carboxylic acids is 1. The van der Waals surface area contributed by atoms with E-state index in [1.807, 2.05) is 5.92 Å². The van der Waals surface area contributed by atoms with E-state index >= 15 is 0 Å². The van der Waals surface area contributed by atoms with Gasteiger partial charge in [-0.15, -0.1) is 0 Å². The van der Waals surface area contributed by atoms with Crippen LogP contribution in [0.15, 0.2) is 24.3 Å². The predicted octanol–water partition coefficient (Wildman–Crippen LogP) is -0.0729. The number of hydrogen-bond acceptors (Lipinski definition) is 2. The zero-order chi connectivity index (χ0) is 8.97. The summed E-state index contributed by atoms with van der Waals surface area (Å²) < 4.78 is 12.3. The number of benzene rings is 1. The summed E-state index contributed by atoms with van der Waals surface area (Å²) in [7, 11) is 0. The Morgan fingerprint density at radius 2 is 1.92 bits per heavy atom. The van der Waals surface area contributed by atoms with E-state index < -0.39 is 5.97 Å². The second kappa shape index (κ2) is 3.54. The van der Waals surface area contributed by atoms with E-state index in [1.165, 1.54) is 24.3 Å². The minimum absolute atomic E-state index is 0.381. The fourth-order valence-electron chi connectivity index (χ4n) is 0.656. The lowest BCUT2D eigenvalue weighted by atomic mass is 10.2. The minimum atomic E-state index is -1.45. The molecule has 0 radical (unpaired) electrons. The first-order chi connectivity index (χ1) is 5.68. The molecule has 0 saturated carbocycles. The normalized spacial score (nSPS) is 8.42. The average Bonchev–Trinajstić information content (AvgIpc) is 2.03. The highest BCUT2D eigenvalue weighted by atomic mass is 19.1. The maximum atomic E-state index is 12.3. The van der Waals surface area contributed by atoms with Gasteiger partial charge in [-0.3, -0.25) is 0 Å². The molecular weight excluding hydrogens is 159 g/mol. The molecular formula is C9H4FO2-. The Morgan fingerprint density at radius 1 is 1.33 bits per heavy atom. The molecule has 60 valence electrons. The molecule has 0 aromatic heterocycles. The molecule has 0 bridgehead atoms. The molecule has 1 aromatic rings. The quantitative estimate of drug-likeness (QED) is 0.502. The summed E-state index contributed by atoms with van der Waals surface area (Å²) in [6.07, 6.45) is 0. The monoisotopic (exact) mass is 163 g/mol. The van der Waals surface area contributed by atoms with Crippen molar-refractivity contribution < 1.29 is 14.3 Å². The zero-order valence-electron chi connectivity index (χ0n) is 6.00. The number of carbonyl (C=O) groups is 1. The molecule has 1 aromatic carbocycles. The predicted molar refractivity (Wildman–Crippen MR) is 38.3 cm³/mol. The Labute approximate surface area is 68.6 Å². The van der Waals surface area contributed by atoms with Crippen LogP contribution in [-0.4, -0.2) is 5.97 Å². The molecule has 2 nitrogen and oxygen atoms in total. The Bertz CT molecular complexity index is 343. The van der Waals surface area contributed by atoms with E-state index in [0.717, 1.165) is 0 Å². The summed E-state index contributed by atoms with van der Waals surface area (Å²) in [6, 6.07) is 5.20. The average molecular weight is 163 g/mol. The summed E-state index contributed by atoms with van der Waals surface area (Å²) in [6.45, 7) is 0. The highest BCUT2D eigenvalue weighted by molar-refractivity contribution is 5.85. The van der Waals surface area contributed by atoms with Gasteiger partial charge in [0, 0.05) is 5.56 Å². The lowest BCUT2D eigenvalue weighted by Crippen LogP contribution is -2.19. The molecule has 0 aliphatic heterocycles. The van der Waals surface area contributed by atoms with Crippen molar-refractivity contribution in [2.75, 3.05) is 0 Å². The molecule has 12 heavy (non-hydrogen) atoms. The van der Waals surface area contributed by atoms with E-state index in [1.54, 1.807) is 0 Å². The van der Waals surface area contributed by atoms with Gasteiger partial charge in [-0.2, -0.15) is 0 Å². The SMILES string of the molecule is O=C([O-])C#Cc1ccc(F)cc1. The molecule has 0 fully saturated rings. The Kier molecular flexibility index (Phi) is 2.44. The molecule has 0 N–H and O–H groups in total. The molecule has 0 amide bonds. The fourth-order valence-corrected chi connectivity index (χ4v) is 0.656. The highest BCUT2D eigenvalue weighted by Gasteiger charge is 1.87. The first-order valence-corrected chi connectivity index (χ1v) is 3.17. The molecule has 0 saturated heterocycles. The molecule has 3 heteroatoms. The van der Waals surface area contributed by atoms with Gasteiger partial charge in [-0.1, -0.05) is 5.92 Å². The molecule has 0 aliphatic rings. The number of aliphatic carboxylic acids is 1. The number of rotatable bonds is 0. The number of carboxylic acid groups (broad SMARTS) is 1. The summed E-state index contributed by atoms with van der Waals surface area (Å²) in [5.74, 6) is 2.28. The molecule has 0 heterocycles. The van der Waals surface area contributed by atoms with Gasteiger partial charge in [0.1, 0.15) is 11.8 Å². The van der Waals surface area contributed by atoms with Crippen LogP contribution in [0.3, 0.4) is 0 Å². The second-order valence-electron chi connectivity index (χ2n) is 2.04. The van der Waals surface area contributed by atoms with Crippen molar-refractivity contribution in [1.82, 2.24) is 0 Å². The van der Waals surface area contributed by atoms with E-state index in [-0.39, 0.29) is 5.82 Å². The Balaban J connectivity index is 2.86. The Morgan fingerprint density at radius 3 is 2.42 bits per heavy atom. The summed E-state index contributed by atoms with van der Waals surface area (Å²) in [5.41, 5.74) is 0.445. The van der Waals surface area contributed by atoms with E-state index in [2.05, 4.69) is 5.92 Å². The van der Waals surface area contributed by atoms with Gasteiger partial charge in [-0.05, 0) is 30.2 Å². The van der Waals surface area contributed by atoms with E-state index in [0.29, 0.717) is 5.56 Å². The number of halogens is 1. The fraction of sp³-hybridized carbons (Fsp3) is 0. The van der Waals surface area contributed by atoms with Crippen LogP contribution >= 0.6 is 0 Å². The standard InChI is InChI=1S/C9H5FO2/c10-8-4-1-7(2-5-8)3-6-9(11)12/h1-2,4-5H,(H,11,12)/p-1. The van der Waals surface area contributed by atoms with Crippen molar-refractivity contribution in [3.8, 4) is 11.8 Å². The van der Waals surface area contributed by atoms with Crippen molar-refractivity contribution in [3.63, 3.8) is 0 Å². The summed E-state index contributed by atoms with van der Waals surface area (Å²) in [5, 5.41) is 9.88. The minimum Gasteiger partial charge on any atom is -0.537 e. The van der Waals surface area contributed by atoms with Gasteiger partial charge in [0.05, 0.1) is 0 Å². The third kappa shape index (κ3) is 2.43. The molecule has 0 atom stereocenters. The van der Waals surface area contributed by atoms with Crippen LogP contribution in [0.5, 0.6) is 0 Å². The van der Waals surface area contributed by atoms with Crippen LogP contribution in [0.25, 0.3) is 0 Å². The molecule has 0 unspecified atom stereocenters. The number of carboxylic acids is 1. The van der Waals surface area contributed by atoms with Gasteiger partial charge in [0.2, 0.25) is 0 Å². The van der Waals surface area contributed by atoms with Crippen molar-refractivity contribution in [2.45, 2.75) is 0 Å². The number of hydrogen-bond donors (Lipinski definition) is 0. The highest BCUT2D eigenvalue weighted by Crippen LogP contribution is 1.99. The van der Waals surface area contributed by atoms with Crippen LogP contribution in [0.2, 0.25) is 0 Å². The van der Waals surface area contributed by atoms with Crippen LogP contribution in [-0.2, 0) is 4.79 Å². The lowest BCUT2D eigenvalue weighted by Gasteiger charge is -1.89. The van der Waals surface area contributed by atoms with Gasteiger partial charge in [-0.25, -0.2) is 4.39 Å². The zero-order valence-corrected chi connectivity index (χ0v) is 6.00. The van der Waals surface area contributed by atoms with Gasteiger partial charge < -0.3 is 9.90 Å². The van der Waals surface area contributed by atoms with Crippen molar-refractivity contribution in [1.29, 1.82) is 0 Å². The summed E-state index contributed by atoms with van der Waals surface area (Å²) >= 11 is 0. The first kappa shape index (κ1) is 8.28. The van der Waals surface area contributed by atoms with Crippen LogP contribution in [0.1, 0.15) is 5.56 Å². The second-order valence-corrected chi connectivity index (χ2v) is 2.04. The molecule has 0 aliphatic carbocycles. The first-order valence-electron chi connectivity index (χ1n) is 3.17. The topological polar surface area (TPSA) is 40.1 Å². The van der Waals surface area contributed by atoms with Crippen LogP contribution in [0, 0.1) is 17.7 Å². The van der Waals surface area contributed by atoms with E-state index in [9.17, 15) is 14.3 Å². The van der Waals surface area contributed by atoms with Crippen molar-refractivity contribution in [2.24, 2.45) is 0 Å².